The summed E-state index contributed by atoms with van der Waals surface area (Å²) >= 11 is 5.90. The van der Waals surface area contributed by atoms with E-state index in [-0.39, 0.29) is 16.9 Å². The Kier molecular flexibility index (Phi) is 7.79. The summed E-state index contributed by atoms with van der Waals surface area (Å²) in [5.74, 6) is -6.97. The molecule has 10 nitrogen and oxygen atoms in total. The third kappa shape index (κ3) is 5.59. The van der Waals surface area contributed by atoms with Crippen molar-refractivity contribution in [2.45, 2.75) is 19.4 Å². The number of nitrogens with two attached hydrogens (primary N) is 1. The van der Waals surface area contributed by atoms with Crippen LogP contribution in [0.3, 0.4) is 0 Å². The van der Waals surface area contributed by atoms with Gasteiger partial charge in [-0.25, -0.2) is 4.39 Å². The van der Waals surface area contributed by atoms with E-state index in [0.717, 1.165) is 11.0 Å². The molecule has 1 heterocycles. The first-order chi connectivity index (χ1) is 18.8. The van der Waals surface area contributed by atoms with Crippen LogP contribution in [0.1, 0.15) is 13.8 Å². The van der Waals surface area contributed by atoms with Gasteiger partial charge in [-0.05, 0) is 56.3 Å². The molecule has 1 aliphatic rings. The summed E-state index contributed by atoms with van der Waals surface area (Å²) in [5.41, 5.74) is 4.14. The van der Waals surface area contributed by atoms with Gasteiger partial charge in [0.15, 0.2) is 0 Å². The number of anilines is 2. The Bertz CT molecular complexity index is 1560. The summed E-state index contributed by atoms with van der Waals surface area (Å²) in [7, 11) is 1.36. The minimum absolute atomic E-state index is 0.196. The highest BCUT2D eigenvalue weighted by Crippen LogP contribution is 2.49. The van der Waals surface area contributed by atoms with E-state index in [1.807, 2.05) is 0 Å². The molecule has 12 heteroatoms. The molecule has 3 unspecified atom stereocenters. The van der Waals surface area contributed by atoms with Crippen LogP contribution in [0.2, 0.25) is 5.02 Å². The van der Waals surface area contributed by atoms with E-state index in [1.54, 1.807) is 36.4 Å². The molecule has 3 aromatic rings. The lowest BCUT2D eigenvalue weighted by atomic mass is 10.0. The molecule has 0 radical (unpaired) electrons. The van der Waals surface area contributed by atoms with Crippen molar-refractivity contribution in [1.29, 1.82) is 0 Å². The molecule has 1 fully saturated rings. The highest BCUT2D eigenvalue weighted by atomic mass is 35.5. The number of halogens is 2. The first kappa shape index (κ1) is 28.5. The second-order valence-electron chi connectivity index (χ2n) is 9.96. The minimum atomic E-state index is -1.39. The van der Waals surface area contributed by atoms with Gasteiger partial charge in [0, 0.05) is 36.1 Å². The number of pyridine rings is 1. The molecule has 0 aliphatic heterocycles. The van der Waals surface area contributed by atoms with Crippen molar-refractivity contribution < 1.29 is 23.6 Å². The fourth-order valence-electron chi connectivity index (χ4n) is 4.31. The molecule has 40 heavy (non-hydrogen) atoms. The molecule has 0 saturated heterocycles. The zero-order valence-corrected chi connectivity index (χ0v) is 22.6. The van der Waals surface area contributed by atoms with Crippen molar-refractivity contribution in [2.75, 3.05) is 17.7 Å². The van der Waals surface area contributed by atoms with Gasteiger partial charge in [0.2, 0.25) is 23.6 Å². The standard InChI is InChI=1S/C28H27ClFN5O5/c1-28(2,27(31)40)34(3)26(39)23-21(24(37)32-16-9-7-15(29)8-10-16)22(23)25(38)33-19-12-11-17(14-18(19)30)35-13-5-4-6-20(35)36/h4-14,21-23H,1-3H3,(H2,31,40)(H,32,37)(H,33,38). The average molecular weight is 568 g/mol. The maximum absolute atomic E-state index is 15.0. The molecule has 1 saturated carbocycles. The number of hydrogen-bond donors (Lipinski definition) is 3. The molecule has 208 valence electrons. The lowest BCUT2D eigenvalue weighted by Crippen LogP contribution is -2.54. The zero-order chi connectivity index (χ0) is 29.4. The van der Waals surface area contributed by atoms with Crippen LogP contribution in [0.5, 0.6) is 0 Å². The molecule has 1 aromatic heterocycles. The summed E-state index contributed by atoms with van der Waals surface area (Å²) in [4.78, 5) is 64.9. The van der Waals surface area contributed by atoms with E-state index in [0.29, 0.717) is 10.7 Å². The normalized spacial score (nSPS) is 18.0. The van der Waals surface area contributed by atoms with Gasteiger partial charge >= 0.3 is 0 Å². The van der Waals surface area contributed by atoms with E-state index < -0.39 is 52.7 Å². The Labute approximate surface area is 233 Å². The lowest BCUT2D eigenvalue weighted by molar-refractivity contribution is -0.144. The van der Waals surface area contributed by atoms with Crippen LogP contribution in [0.4, 0.5) is 15.8 Å². The van der Waals surface area contributed by atoms with Crippen LogP contribution in [0.25, 0.3) is 5.69 Å². The third-order valence-electron chi connectivity index (χ3n) is 7.11. The molecule has 2 aromatic carbocycles. The number of rotatable bonds is 8. The first-order valence-corrected chi connectivity index (χ1v) is 12.6. The summed E-state index contributed by atoms with van der Waals surface area (Å²) in [6, 6.07) is 14.6. The largest absolute Gasteiger partial charge is 0.368 e. The number of nitrogens with zero attached hydrogens (tertiary/aromatic N) is 2. The number of carbonyl (C=O) groups is 4. The fourth-order valence-corrected chi connectivity index (χ4v) is 4.43. The molecular formula is C28H27ClFN5O5. The molecule has 3 atom stereocenters. The Hall–Kier alpha value is -4.51. The van der Waals surface area contributed by atoms with Gasteiger partial charge in [-0.3, -0.25) is 28.5 Å². The number of hydrogen-bond acceptors (Lipinski definition) is 5. The van der Waals surface area contributed by atoms with E-state index in [1.165, 1.54) is 49.9 Å². The van der Waals surface area contributed by atoms with Crippen molar-refractivity contribution in [3.63, 3.8) is 0 Å². The predicted molar refractivity (Wildman–Crippen MR) is 147 cm³/mol. The maximum Gasteiger partial charge on any atom is 0.255 e. The Balaban J connectivity index is 1.58. The van der Waals surface area contributed by atoms with Gasteiger partial charge in [0.05, 0.1) is 29.1 Å². The van der Waals surface area contributed by atoms with Crippen LogP contribution in [-0.2, 0) is 19.2 Å². The topological polar surface area (TPSA) is 144 Å². The summed E-state index contributed by atoms with van der Waals surface area (Å²) in [5, 5.41) is 5.56. The molecule has 4 rings (SSSR count). The molecule has 4 amide bonds. The third-order valence-corrected chi connectivity index (χ3v) is 7.36. The van der Waals surface area contributed by atoms with E-state index in [2.05, 4.69) is 10.6 Å². The van der Waals surface area contributed by atoms with Gasteiger partial charge in [0.1, 0.15) is 11.4 Å². The smallest absolute Gasteiger partial charge is 0.255 e. The second-order valence-corrected chi connectivity index (χ2v) is 10.4. The molecular weight excluding hydrogens is 541 g/mol. The monoisotopic (exact) mass is 567 g/mol. The molecule has 0 spiro atoms. The van der Waals surface area contributed by atoms with Crippen molar-refractivity contribution >= 4 is 46.6 Å². The summed E-state index contributed by atoms with van der Waals surface area (Å²) in [6.45, 7) is 2.89. The van der Waals surface area contributed by atoms with Crippen LogP contribution in [-0.4, -0.2) is 45.7 Å². The van der Waals surface area contributed by atoms with Crippen LogP contribution in [0.15, 0.2) is 71.7 Å². The Morgan fingerprint density at radius 1 is 0.950 bits per heavy atom. The average Bonchev–Trinajstić information content (AvgIpc) is 3.66. The maximum atomic E-state index is 15.0. The zero-order valence-electron chi connectivity index (χ0n) is 21.9. The number of likely N-dealkylation sites (N-methyl/N-ethyl adjacent to an activating group) is 1. The number of aromatic nitrogens is 1. The van der Waals surface area contributed by atoms with Crippen molar-refractivity contribution in [2.24, 2.45) is 23.5 Å². The number of amides is 4. The van der Waals surface area contributed by atoms with Crippen LogP contribution >= 0.6 is 11.6 Å². The van der Waals surface area contributed by atoms with E-state index >= 15 is 0 Å². The van der Waals surface area contributed by atoms with Gasteiger partial charge in [-0.2, -0.15) is 0 Å². The second kappa shape index (κ2) is 10.9. The van der Waals surface area contributed by atoms with Gasteiger partial charge < -0.3 is 21.3 Å². The number of benzene rings is 2. The highest BCUT2D eigenvalue weighted by Gasteiger charge is 2.64. The van der Waals surface area contributed by atoms with Crippen molar-refractivity contribution in [1.82, 2.24) is 9.47 Å². The minimum Gasteiger partial charge on any atom is -0.368 e. The molecule has 1 aliphatic carbocycles. The van der Waals surface area contributed by atoms with E-state index in [4.69, 9.17) is 17.3 Å². The van der Waals surface area contributed by atoms with Crippen molar-refractivity contribution in [3.8, 4) is 5.69 Å². The van der Waals surface area contributed by atoms with Crippen molar-refractivity contribution in [3.05, 3.63) is 88.1 Å². The van der Waals surface area contributed by atoms with Crippen LogP contribution < -0.4 is 21.9 Å². The van der Waals surface area contributed by atoms with Crippen LogP contribution in [0, 0.1) is 23.6 Å². The molecule has 0 bridgehead atoms. The highest BCUT2D eigenvalue weighted by molar-refractivity contribution is 6.30. The van der Waals surface area contributed by atoms with Gasteiger partial charge in [-0.1, -0.05) is 17.7 Å². The number of primary amides is 1. The van der Waals surface area contributed by atoms with Gasteiger partial charge in [-0.15, -0.1) is 0 Å². The van der Waals surface area contributed by atoms with Gasteiger partial charge in [0.25, 0.3) is 5.56 Å². The lowest BCUT2D eigenvalue weighted by Gasteiger charge is -2.32. The Morgan fingerprint density at radius 2 is 1.57 bits per heavy atom. The predicted octanol–water partition coefficient (Wildman–Crippen LogP) is 2.79. The SMILES string of the molecule is CN(C(=O)C1C(C(=O)Nc2ccc(Cl)cc2)C1C(=O)Nc1ccc(-n2ccccc2=O)cc1F)C(C)(C)C(N)=O. The molecule has 4 N–H and O–H groups in total. The number of nitrogens with one attached hydrogen (secondary N) is 2. The van der Waals surface area contributed by atoms with E-state index in [9.17, 15) is 28.4 Å². The summed E-state index contributed by atoms with van der Waals surface area (Å²) < 4.78 is 16.2. The summed E-state index contributed by atoms with van der Waals surface area (Å²) in [6.07, 6.45) is 1.48. The first-order valence-electron chi connectivity index (χ1n) is 12.3. The Morgan fingerprint density at radius 3 is 2.15 bits per heavy atom. The fraction of sp³-hybridized carbons (Fsp3) is 0.250. The number of carbonyl (C=O) groups excluding carboxylic acids is 4. The quantitative estimate of drug-likeness (QED) is 0.383.